The highest BCUT2D eigenvalue weighted by atomic mass is 32.1. The minimum Gasteiger partial charge on any atom is -0.343 e. The molecule has 1 aromatic heterocycles. The van der Waals surface area contributed by atoms with Gasteiger partial charge in [0.25, 0.3) is 5.91 Å². The minimum atomic E-state index is -0.273. The molecule has 6 nitrogen and oxygen atoms in total. The Labute approximate surface area is 164 Å². The van der Waals surface area contributed by atoms with Gasteiger partial charge in [0.05, 0.1) is 12.2 Å². The van der Waals surface area contributed by atoms with E-state index in [1.165, 1.54) is 24.2 Å². The molecule has 1 saturated heterocycles. The standard InChI is InChI=1S/C20H26N4O2S/c1-14-7-9-24(10-8-14)12-16-13-27-20(22-16)23-18(25)11-21-19(26)17-6-4-3-5-15(17)2/h3-6,13-14H,7-12H2,1-2H3,(H,21,26)(H,22,23,25). The fourth-order valence-electron chi connectivity index (χ4n) is 3.13. The van der Waals surface area contributed by atoms with E-state index in [9.17, 15) is 9.59 Å². The van der Waals surface area contributed by atoms with Gasteiger partial charge in [0.15, 0.2) is 5.13 Å². The highest BCUT2D eigenvalue weighted by Crippen LogP contribution is 2.20. The van der Waals surface area contributed by atoms with Gasteiger partial charge in [-0.3, -0.25) is 14.5 Å². The van der Waals surface area contributed by atoms with Gasteiger partial charge in [0.2, 0.25) is 5.91 Å². The quantitative estimate of drug-likeness (QED) is 0.800. The first kappa shape index (κ1) is 19.5. The Kier molecular flexibility index (Phi) is 6.58. The van der Waals surface area contributed by atoms with Crippen LogP contribution in [0, 0.1) is 12.8 Å². The molecule has 0 spiro atoms. The average molecular weight is 387 g/mol. The number of piperidine rings is 1. The lowest BCUT2D eigenvalue weighted by Gasteiger charge is -2.29. The molecule has 0 atom stereocenters. The summed E-state index contributed by atoms with van der Waals surface area (Å²) in [5.41, 5.74) is 2.44. The van der Waals surface area contributed by atoms with Crippen molar-refractivity contribution in [1.82, 2.24) is 15.2 Å². The molecule has 2 N–H and O–H groups in total. The molecule has 0 bridgehead atoms. The fourth-order valence-corrected chi connectivity index (χ4v) is 3.85. The highest BCUT2D eigenvalue weighted by molar-refractivity contribution is 7.13. The molecule has 1 aliphatic heterocycles. The number of amides is 2. The molecule has 27 heavy (non-hydrogen) atoms. The molecule has 1 aromatic carbocycles. The maximum atomic E-state index is 12.2. The monoisotopic (exact) mass is 386 g/mol. The van der Waals surface area contributed by atoms with Crippen LogP contribution in [-0.2, 0) is 11.3 Å². The lowest BCUT2D eigenvalue weighted by molar-refractivity contribution is -0.115. The van der Waals surface area contributed by atoms with Gasteiger partial charge in [-0.1, -0.05) is 25.1 Å². The van der Waals surface area contributed by atoms with Gasteiger partial charge >= 0.3 is 0 Å². The first-order valence-corrected chi connectivity index (χ1v) is 10.2. The predicted molar refractivity (Wildman–Crippen MR) is 108 cm³/mol. The predicted octanol–water partition coefficient (Wildman–Crippen LogP) is 3.05. The van der Waals surface area contributed by atoms with Crippen LogP contribution in [0.5, 0.6) is 0 Å². The number of anilines is 1. The van der Waals surface area contributed by atoms with Gasteiger partial charge in [-0.25, -0.2) is 4.98 Å². The van der Waals surface area contributed by atoms with Crippen molar-refractivity contribution in [3.05, 3.63) is 46.5 Å². The second kappa shape index (κ2) is 9.10. The van der Waals surface area contributed by atoms with Crippen molar-refractivity contribution >= 4 is 28.3 Å². The van der Waals surface area contributed by atoms with Crippen LogP contribution in [0.25, 0.3) is 0 Å². The smallest absolute Gasteiger partial charge is 0.251 e. The molecular formula is C20H26N4O2S. The topological polar surface area (TPSA) is 74.3 Å². The molecule has 2 amide bonds. The number of benzene rings is 1. The van der Waals surface area contributed by atoms with Crippen LogP contribution in [0.4, 0.5) is 5.13 Å². The number of carbonyl (C=O) groups is 2. The molecule has 2 aromatic rings. The fraction of sp³-hybridized carbons (Fsp3) is 0.450. The lowest BCUT2D eigenvalue weighted by Crippen LogP contribution is -2.33. The number of aryl methyl sites for hydroxylation is 1. The van der Waals surface area contributed by atoms with Crippen molar-refractivity contribution in [1.29, 1.82) is 0 Å². The molecule has 144 valence electrons. The molecule has 7 heteroatoms. The molecule has 1 fully saturated rings. The average Bonchev–Trinajstić information content (AvgIpc) is 3.09. The third-order valence-electron chi connectivity index (χ3n) is 4.86. The second-order valence-electron chi connectivity index (χ2n) is 7.15. The van der Waals surface area contributed by atoms with Crippen molar-refractivity contribution in [2.45, 2.75) is 33.2 Å². The summed E-state index contributed by atoms with van der Waals surface area (Å²) in [7, 11) is 0. The van der Waals surface area contributed by atoms with Crippen LogP contribution < -0.4 is 10.6 Å². The zero-order valence-corrected chi connectivity index (χ0v) is 16.6. The number of aromatic nitrogens is 1. The Hall–Kier alpha value is -2.25. The van der Waals surface area contributed by atoms with Crippen LogP contribution in [0.2, 0.25) is 0 Å². The maximum absolute atomic E-state index is 12.2. The van der Waals surface area contributed by atoms with E-state index >= 15 is 0 Å². The number of hydrogen-bond acceptors (Lipinski definition) is 5. The van der Waals surface area contributed by atoms with Gasteiger partial charge < -0.3 is 10.6 Å². The van der Waals surface area contributed by atoms with Crippen molar-refractivity contribution in [2.75, 3.05) is 25.0 Å². The number of rotatable bonds is 6. The lowest BCUT2D eigenvalue weighted by atomic mass is 9.99. The third kappa shape index (κ3) is 5.61. The van der Waals surface area contributed by atoms with Crippen molar-refractivity contribution in [3.63, 3.8) is 0 Å². The van der Waals surface area contributed by atoms with Crippen molar-refractivity contribution < 1.29 is 9.59 Å². The Morgan fingerprint density at radius 2 is 2.00 bits per heavy atom. The Bertz CT molecular complexity index is 797. The molecule has 2 heterocycles. The Morgan fingerprint density at radius 1 is 1.26 bits per heavy atom. The summed E-state index contributed by atoms with van der Waals surface area (Å²) < 4.78 is 0. The first-order valence-electron chi connectivity index (χ1n) is 9.31. The van der Waals surface area contributed by atoms with Gasteiger partial charge in [0.1, 0.15) is 0 Å². The highest BCUT2D eigenvalue weighted by Gasteiger charge is 2.17. The van der Waals surface area contributed by atoms with E-state index in [4.69, 9.17) is 0 Å². The largest absolute Gasteiger partial charge is 0.343 e. The summed E-state index contributed by atoms with van der Waals surface area (Å²) in [6.45, 7) is 7.12. The van der Waals surface area contributed by atoms with E-state index in [1.807, 2.05) is 30.5 Å². The van der Waals surface area contributed by atoms with E-state index in [-0.39, 0.29) is 18.4 Å². The summed E-state index contributed by atoms with van der Waals surface area (Å²) in [5, 5.41) is 7.98. The second-order valence-corrected chi connectivity index (χ2v) is 8.01. The number of nitrogens with zero attached hydrogens (tertiary/aromatic N) is 2. The Balaban J connectivity index is 1.45. The Morgan fingerprint density at radius 3 is 2.74 bits per heavy atom. The van der Waals surface area contributed by atoms with Crippen LogP contribution >= 0.6 is 11.3 Å². The maximum Gasteiger partial charge on any atom is 0.251 e. The summed E-state index contributed by atoms with van der Waals surface area (Å²) in [5.74, 6) is 0.286. The van der Waals surface area contributed by atoms with Crippen LogP contribution in [0.1, 0.15) is 41.4 Å². The number of hydrogen-bond donors (Lipinski definition) is 2. The molecular weight excluding hydrogens is 360 g/mol. The molecule has 0 aliphatic carbocycles. The number of nitrogens with one attached hydrogen (secondary N) is 2. The minimum absolute atomic E-state index is 0.0773. The molecule has 1 aliphatic rings. The van der Waals surface area contributed by atoms with E-state index in [1.54, 1.807) is 6.07 Å². The summed E-state index contributed by atoms with van der Waals surface area (Å²) >= 11 is 1.42. The first-order chi connectivity index (χ1) is 13.0. The summed E-state index contributed by atoms with van der Waals surface area (Å²) in [6.07, 6.45) is 2.46. The molecule has 0 saturated carbocycles. The van der Waals surface area contributed by atoms with Crippen molar-refractivity contribution in [2.24, 2.45) is 5.92 Å². The summed E-state index contributed by atoms with van der Waals surface area (Å²) in [6, 6.07) is 7.30. The van der Waals surface area contributed by atoms with Crippen LogP contribution in [-0.4, -0.2) is 41.3 Å². The zero-order chi connectivity index (χ0) is 19.2. The number of likely N-dealkylation sites (tertiary alicyclic amines) is 1. The van der Waals surface area contributed by atoms with Gasteiger partial charge in [-0.15, -0.1) is 11.3 Å². The van der Waals surface area contributed by atoms with E-state index in [0.717, 1.165) is 36.8 Å². The SMILES string of the molecule is Cc1ccccc1C(=O)NCC(=O)Nc1nc(CN2CCC(C)CC2)cs1. The van der Waals surface area contributed by atoms with Crippen molar-refractivity contribution in [3.8, 4) is 0 Å². The van der Waals surface area contributed by atoms with E-state index < -0.39 is 0 Å². The van der Waals surface area contributed by atoms with Crippen LogP contribution in [0.15, 0.2) is 29.6 Å². The van der Waals surface area contributed by atoms with Gasteiger partial charge in [-0.05, 0) is 50.4 Å². The third-order valence-corrected chi connectivity index (χ3v) is 5.67. The van der Waals surface area contributed by atoms with E-state index in [2.05, 4.69) is 27.4 Å². The van der Waals surface area contributed by atoms with Gasteiger partial charge in [-0.2, -0.15) is 0 Å². The summed E-state index contributed by atoms with van der Waals surface area (Å²) in [4.78, 5) is 31.2. The van der Waals surface area contributed by atoms with E-state index in [0.29, 0.717) is 10.7 Å². The molecule has 0 unspecified atom stereocenters. The van der Waals surface area contributed by atoms with Crippen LogP contribution in [0.3, 0.4) is 0 Å². The number of carbonyl (C=O) groups excluding carboxylic acids is 2. The van der Waals surface area contributed by atoms with Gasteiger partial charge in [0, 0.05) is 17.5 Å². The molecule has 3 rings (SSSR count). The zero-order valence-electron chi connectivity index (χ0n) is 15.8. The molecule has 0 radical (unpaired) electrons. The normalized spacial score (nSPS) is 15.5. The number of thiazole rings is 1.